The zero-order chi connectivity index (χ0) is 26.6. The second kappa shape index (κ2) is 10.2. The molecule has 2 heterocycles. The van der Waals surface area contributed by atoms with E-state index >= 15 is 0 Å². The largest absolute Gasteiger partial charge is 0.487 e. The molecule has 38 heavy (non-hydrogen) atoms. The highest BCUT2D eigenvalue weighted by molar-refractivity contribution is 5.92. The number of allylic oxidation sites excluding steroid dienone is 1. The molecule has 0 amide bonds. The van der Waals surface area contributed by atoms with Gasteiger partial charge in [-0.25, -0.2) is 9.67 Å². The number of aromatic nitrogens is 4. The van der Waals surface area contributed by atoms with Crippen LogP contribution in [0, 0.1) is 21.4 Å². The van der Waals surface area contributed by atoms with Crippen LogP contribution in [0.3, 0.4) is 0 Å². The first-order chi connectivity index (χ1) is 18.5. The van der Waals surface area contributed by atoms with E-state index in [0.717, 1.165) is 5.69 Å². The van der Waals surface area contributed by atoms with Gasteiger partial charge in [-0.1, -0.05) is 30.3 Å². The van der Waals surface area contributed by atoms with Crippen LogP contribution in [0.5, 0.6) is 5.75 Å². The Morgan fingerprint density at radius 1 is 1.16 bits per heavy atom. The maximum atomic E-state index is 12.6. The van der Waals surface area contributed by atoms with E-state index in [-0.39, 0.29) is 35.0 Å². The number of ether oxygens (including phenoxy) is 1. The van der Waals surface area contributed by atoms with E-state index in [1.807, 2.05) is 30.3 Å². The number of nitro groups is 1. The van der Waals surface area contributed by atoms with E-state index < -0.39 is 4.92 Å². The Morgan fingerprint density at radius 3 is 2.66 bits per heavy atom. The summed E-state index contributed by atoms with van der Waals surface area (Å²) in [5.74, 6) is 0.253. The normalized spacial score (nSPS) is 11.3. The molecule has 0 fully saturated rings. The summed E-state index contributed by atoms with van der Waals surface area (Å²) in [6, 6.07) is 22.9. The van der Waals surface area contributed by atoms with Gasteiger partial charge in [0.05, 0.1) is 33.7 Å². The van der Waals surface area contributed by atoms with Crippen LogP contribution in [0.4, 0.5) is 5.69 Å². The lowest BCUT2D eigenvalue weighted by molar-refractivity contribution is -0.385. The number of hydrogen-bond donors (Lipinski definition) is 1. The number of hydrogen-bond acceptors (Lipinski definition) is 7. The second-order valence-electron chi connectivity index (χ2n) is 8.19. The van der Waals surface area contributed by atoms with Crippen LogP contribution in [0.2, 0.25) is 0 Å². The summed E-state index contributed by atoms with van der Waals surface area (Å²) in [7, 11) is 0. The minimum Gasteiger partial charge on any atom is -0.487 e. The van der Waals surface area contributed by atoms with Gasteiger partial charge in [0.1, 0.15) is 11.8 Å². The number of rotatable bonds is 7. The summed E-state index contributed by atoms with van der Waals surface area (Å²) >= 11 is 0. The number of aromatic amines is 1. The molecule has 0 aliphatic carbocycles. The first-order valence-corrected chi connectivity index (χ1v) is 11.7. The van der Waals surface area contributed by atoms with Crippen LogP contribution >= 0.6 is 0 Å². The predicted molar refractivity (Wildman–Crippen MR) is 143 cm³/mol. The van der Waals surface area contributed by atoms with Gasteiger partial charge in [0, 0.05) is 23.4 Å². The molecule has 0 unspecified atom stereocenters. The zero-order valence-electron chi connectivity index (χ0n) is 20.2. The fourth-order valence-corrected chi connectivity index (χ4v) is 4.04. The molecule has 5 rings (SSSR count). The monoisotopic (exact) mass is 504 g/mol. The molecule has 0 aliphatic heterocycles. The van der Waals surface area contributed by atoms with Crippen LogP contribution in [0.1, 0.15) is 18.3 Å². The Hall–Kier alpha value is -5.56. The lowest BCUT2D eigenvalue weighted by atomic mass is 10.0. The lowest BCUT2D eigenvalue weighted by Gasteiger charge is -2.06. The molecule has 5 aromatic rings. The molecule has 3 aromatic carbocycles. The zero-order valence-corrected chi connectivity index (χ0v) is 20.2. The average molecular weight is 505 g/mol. The number of nitriles is 1. The molecule has 0 spiro atoms. The number of fused-ring (bicyclic) bond motifs is 1. The van der Waals surface area contributed by atoms with Crippen LogP contribution in [-0.4, -0.2) is 31.3 Å². The average Bonchev–Trinajstić information content (AvgIpc) is 3.36. The van der Waals surface area contributed by atoms with E-state index in [2.05, 4.69) is 21.1 Å². The maximum absolute atomic E-state index is 12.6. The van der Waals surface area contributed by atoms with E-state index in [1.54, 1.807) is 54.2 Å². The Labute approximate surface area is 216 Å². The van der Waals surface area contributed by atoms with Gasteiger partial charge in [0.25, 0.3) is 5.56 Å². The van der Waals surface area contributed by atoms with Crippen molar-refractivity contribution in [3.63, 3.8) is 0 Å². The van der Waals surface area contributed by atoms with Crippen LogP contribution in [0.15, 0.2) is 83.8 Å². The SMILES string of the molecule is CCOc1ccc(-c2nn(-c3ccccc3)cc2C=C(C#N)c2nc3ccccc3c(=O)[nH]2)cc1[N+](=O)[O-]. The number of nitrogens with zero attached hydrogens (tertiary/aromatic N) is 5. The van der Waals surface area contributed by atoms with Gasteiger partial charge < -0.3 is 9.72 Å². The second-order valence-corrected chi connectivity index (χ2v) is 8.19. The van der Waals surface area contributed by atoms with Crippen molar-refractivity contribution in [2.45, 2.75) is 6.92 Å². The van der Waals surface area contributed by atoms with Crippen molar-refractivity contribution < 1.29 is 9.66 Å². The molecule has 1 N–H and O–H groups in total. The number of nitrogens with one attached hydrogen (secondary N) is 1. The van der Waals surface area contributed by atoms with Crippen molar-refractivity contribution in [2.75, 3.05) is 6.61 Å². The van der Waals surface area contributed by atoms with Gasteiger partial charge >= 0.3 is 5.69 Å². The number of H-pyrrole nitrogens is 1. The third-order valence-corrected chi connectivity index (χ3v) is 5.78. The number of benzene rings is 3. The van der Waals surface area contributed by atoms with Gasteiger partial charge in [-0.3, -0.25) is 14.9 Å². The highest BCUT2D eigenvalue weighted by atomic mass is 16.6. The molecule has 10 heteroatoms. The number of para-hydroxylation sites is 2. The third-order valence-electron chi connectivity index (χ3n) is 5.78. The van der Waals surface area contributed by atoms with Crippen molar-refractivity contribution in [3.05, 3.63) is 111 Å². The maximum Gasteiger partial charge on any atom is 0.311 e. The molecule has 0 aliphatic rings. The molecule has 0 saturated heterocycles. The van der Waals surface area contributed by atoms with Crippen molar-refractivity contribution in [1.29, 1.82) is 5.26 Å². The van der Waals surface area contributed by atoms with Gasteiger partial charge in [-0.05, 0) is 49.4 Å². The van der Waals surface area contributed by atoms with Crippen LogP contribution in [-0.2, 0) is 0 Å². The fourth-order valence-electron chi connectivity index (χ4n) is 4.04. The Kier molecular flexibility index (Phi) is 6.48. The topological polar surface area (TPSA) is 140 Å². The van der Waals surface area contributed by atoms with E-state index in [9.17, 15) is 20.2 Å². The molecule has 0 saturated carbocycles. The molecule has 186 valence electrons. The highest BCUT2D eigenvalue weighted by Crippen LogP contribution is 2.34. The quantitative estimate of drug-likeness (QED) is 0.184. The van der Waals surface area contributed by atoms with Crippen LogP contribution in [0.25, 0.3) is 39.5 Å². The first-order valence-electron chi connectivity index (χ1n) is 11.7. The Balaban J connectivity index is 1.70. The van der Waals surface area contributed by atoms with Crippen LogP contribution < -0.4 is 10.3 Å². The van der Waals surface area contributed by atoms with Gasteiger partial charge in [0.2, 0.25) is 0 Å². The van der Waals surface area contributed by atoms with Crippen molar-refractivity contribution in [3.8, 4) is 28.8 Å². The van der Waals surface area contributed by atoms with Gasteiger partial charge in [0.15, 0.2) is 11.6 Å². The highest BCUT2D eigenvalue weighted by Gasteiger charge is 2.20. The molecular formula is C28H20N6O4. The minimum absolute atomic E-state index is 0.0992. The molecule has 0 bridgehead atoms. The Bertz CT molecular complexity index is 1800. The summed E-state index contributed by atoms with van der Waals surface area (Å²) in [4.78, 5) is 31.0. The molecule has 2 aromatic heterocycles. The lowest BCUT2D eigenvalue weighted by Crippen LogP contribution is -2.11. The van der Waals surface area contributed by atoms with Gasteiger partial charge in [-0.15, -0.1) is 0 Å². The molecular weight excluding hydrogens is 484 g/mol. The smallest absolute Gasteiger partial charge is 0.311 e. The molecule has 0 radical (unpaired) electrons. The fraction of sp³-hybridized carbons (Fsp3) is 0.0714. The predicted octanol–water partition coefficient (Wildman–Crippen LogP) is 5.15. The third kappa shape index (κ3) is 4.64. The van der Waals surface area contributed by atoms with Crippen molar-refractivity contribution in [2.24, 2.45) is 0 Å². The summed E-state index contributed by atoms with van der Waals surface area (Å²) in [6.07, 6.45) is 3.26. The minimum atomic E-state index is -0.511. The van der Waals surface area contributed by atoms with Crippen molar-refractivity contribution in [1.82, 2.24) is 19.7 Å². The van der Waals surface area contributed by atoms with E-state index in [1.165, 1.54) is 12.1 Å². The van der Waals surface area contributed by atoms with Crippen molar-refractivity contribution >= 4 is 28.2 Å². The standard InChI is InChI=1S/C28H20N6O4/c1-2-38-25-13-12-18(15-24(25)34(36)37)26-20(17-33(32-26)21-8-4-3-5-9-21)14-19(16-29)27-30-23-11-7-6-10-22(23)28(35)31-27/h3-15,17H,2H2,1H3,(H,30,31,35). The van der Waals surface area contributed by atoms with E-state index in [4.69, 9.17) is 4.74 Å². The summed E-state index contributed by atoms with van der Waals surface area (Å²) in [6.45, 7) is 2.02. The Morgan fingerprint density at radius 2 is 1.92 bits per heavy atom. The first kappa shape index (κ1) is 24.1. The van der Waals surface area contributed by atoms with E-state index in [0.29, 0.717) is 27.7 Å². The number of nitro benzene ring substituents is 1. The van der Waals surface area contributed by atoms with Gasteiger partial charge in [-0.2, -0.15) is 10.4 Å². The summed E-state index contributed by atoms with van der Waals surface area (Å²) < 4.78 is 7.04. The molecule has 0 atom stereocenters. The molecule has 10 nitrogen and oxygen atoms in total. The summed E-state index contributed by atoms with van der Waals surface area (Å²) in [5.41, 5.74) is 2.10. The summed E-state index contributed by atoms with van der Waals surface area (Å²) in [5, 5.41) is 26.8.